The average molecular weight is 264 g/mol. The lowest BCUT2D eigenvalue weighted by atomic mass is 10.2. The Morgan fingerprint density at radius 3 is 2.32 bits per heavy atom. The number of ether oxygens (including phenoxy) is 2. The average Bonchev–Trinajstić information content (AvgIpc) is 2.40. The second-order valence-corrected chi connectivity index (χ2v) is 3.66. The Bertz CT molecular complexity index is 384. The number of rotatable bonds is 4. The largest absolute Gasteiger partial charge is 0.516 e. The van der Waals surface area contributed by atoms with Crippen molar-refractivity contribution in [2.24, 2.45) is 0 Å². The van der Waals surface area contributed by atoms with Crippen LogP contribution in [0.5, 0.6) is 0 Å². The van der Waals surface area contributed by atoms with Crippen molar-refractivity contribution in [2.45, 2.75) is 26.7 Å². The van der Waals surface area contributed by atoms with Crippen molar-refractivity contribution >= 4 is 18.2 Å². The molecule has 104 valence electrons. The fourth-order valence-electron chi connectivity index (χ4n) is 1.04. The first kappa shape index (κ1) is 16.9. The molecule has 19 heavy (non-hydrogen) atoms. The number of unbranched alkanes of at least 4 members (excludes halogenated alkanes) is 1. The highest BCUT2D eigenvalue weighted by molar-refractivity contribution is 5.79. The normalized spacial score (nSPS) is 8.74. The molecule has 4 nitrogen and oxygen atoms in total. The molecule has 0 aliphatic rings. The fourth-order valence-corrected chi connectivity index (χ4v) is 1.04. The van der Waals surface area contributed by atoms with Crippen molar-refractivity contribution < 1.29 is 19.1 Å². The second-order valence-electron chi connectivity index (χ2n) is 3.66. The smallest absolute Gasteiger partial charge is 0.434 e. The van der Waals surface area contributed by atoms with Gasteiger partial charge in [0.1, 0.15) is 0 Å². The second kappa shape index (κ2) is 11.0. The van der Waals surface area contributed by atoms with Crippen molar-refractivity contribution in [1.82, 2.24) is 0 Å². The van der Waals surface area contributed by atoms with Crippen LogP contribution in [-0.2, 0) is 14.3 Å². The highest BCUT2D eigenvalue weighted by Gasteiger charge is 2.05. The molecule has 0 N–H and O–H groups in total. The maximum absolute atomic E-state index is 10.5. The molecule has 0 saturated carbocycles. The number of hydrogen-bond acceptors (Lipinski definition) is 4. The molecule has 0 fully saturated rings. The van der Waals surface area contributed by atoms with Crippen molar-refractivity contribution in [3.05, 3.63) is 42.5 Å². The maximum Gasteiger partial charge on any atom is 0.516 e. The van der Waals surface area contributed by atoms with Crippen LogP contribution in [0.3, 0.4) is 0 Å². The lowest BCUT2D eigenvalue weighted by Gasteiger charge is -2.00. The minimum absolute atomic E-state index is 0.308. The van der Waals surface area contributed by atoms with E-state index in [1.807, 2.05) is 43.3 Å². The molecule has 1 aromatic rings. The molecule has 0 heterocycles. The summed E-state index contributed by atoms with van der Waals surface area (Å²) in [5.41, 5.74) is 1.17. The van der Waals surface area contributed by atoms with E-state index in [4.69, 9.17) is 0 Å². The predicted molar refractivity (Wildman–Crippen MR) is 74.6 cm³/mol. The Balaban J connectivity index is 0.000000356. The SMILES string of the molecule is C=Cc1ccccc1.CCCCOC(=O)OC(C)=O. The van der Waals surface area contributed by atoms with Gasteiger partial charge < -0.3 is 9.47 Å². The summed E-state index contributed by atoms with van der Waals surface area (Å²) in [6.45, 7) is 7.06. The Kier molecular flexibility index (Phi) is 9.80. The fraction of sp³-hybridized carbons (Fsp3) is 0.333. The van der Waals surface area contributed by atoms with E-state index in [1.54, 1.807) is 0 Å². The van der Waals surface area contributed by atoms with E-state index in [0.29, 0.717) is 6.61 Å². The van der Waals surface area contributed by atoms with Gasteiger partial charge in [-0.05, 0) is 12.0 Å². The summed E-state index contributed by atoms with van der Waals surface area (Å²) in [5.74, 6) is -0.647. The third-order valence-corrected chi connectivity index (χ3v) is 1.98. The first-order valence-corrected chi connectivity index (χ1v) is 6.12. The van der Waals surface area contributed by atoms with Crippen LogP contribution in [-0.4, -0.2) is 18.7 Å². The maximum atomic E-state index is 10.5. The molecule has 1 aromatic carbocycles. The minimum atomic E-state index is -0.911. The first-order chi connectivity index (χ1) is 9.10. The van der Waals surface area contributed by atoms with Crippen LogP contribution in [0.2, 0.25) is 0 Å². The van der Waals surface area contributed by atoms with Gasteiger partial charge in [0, 0.05) is 6.92 Å². The van der Waals surface area contributed by atoms with Gasteiger partial charge in [0.25, 0.3) is 0 Å². The highest BCUT2D eigenvalue weighted by Crippen LogP contribution is 1.97. The van der Waals surface area contributed by atoms with Crippen molar-refractivity contribution in [2.75, 3.05) is 6.61 Å². The van der Waals surface area contributed by atoms with Crippen LogP contribution in [0, 0.1) is 0 Å². The van der Waals surface area contributed by atoms with E-state index in [0.717, 1.165) is 19.8 Å². The number of esters is 1. The highest BCUT2D eigenvalue weighted by atomic mass is 16.7. The molecule has 4 heteroatoms. The monoisotopic (exact) mass is 264 g/mol. The first-order valence-electron chi connectivity index (χ1n) is 6.12. The van der Waals surface area contributed by atoms with Crippen LogP contribution in [0.25, 0.3) is 6.08 Å². The van der Waals surface area contributed by atoms with E-state index < -0.39 is 12.1 Å². The Hall–Kier alpha value is -2.10. The standard InChI is InChI=1S/C8H8.C7H12O4/c1-2-8-6-4-3-5-7-8;1-3-4-5-10-7(9)11-6(2)8/h2-7H,1H2;3-5H2,1-2H3. The topological polar surface area (TPSA) is 52.6 Å². The van der Waals surface area contributed by atoms with Gasteiger partial charge in [-0.3, -0.25) is 4.79 Å². The van der Waals surface area contributed by atoms with Crippen LogP contribution in [0.15, 0.2) is 36.9 Å². The van der Waals surface area contributed by atoms with Crippen LogP contribution in [0.4, 0.5) is 4.79 Å². The van der Waals surface area contributed by atoms with Gasteiger partial charge in [0.05, 0.1) is 6.61 Å². The van der Waals surface area contributed by atoms with E-state index in [2.05, 4.69) is 16.1 Å². The van der Waals surface area contributed by atoms with Crippen LogP contribution < -0.4 is 0 Å². The molecular weight excluding hydrogens is 244 g/mol. The molecule has 0 aliphatic heterocycles. The number of carbonyl (C=O) groups excluding carboxylic acids is 2. The Morgan fingerprint density at radius 1 is 1.26 bits per heavy atom. The lowest BCUT2D eigenvalue weighted by molar-refractivity contribution is -0.137. The van der Waals surface area contributed by atoms with Gasteiger partial charge in [-0.15, -0.1) is 0 Å². The van der Waals surface area contributed by atoms with Gasteiger partial charge in [0.15, 0.2) is 0 Å². The minimum Gasteiger partial charge on any atom is -0.434 e. The molecule has 0 unspecified atom stereocenters. The zero-order valence-corrected chi connectivity index (χ0v) is 11.4. The van der Waals surface area contributed by atoms with E-state index >= 15 is 0 Å². The Labute approximate surface area is 114 Å². The quantitative estimate of drug-likeness (QED) is 0.471. The van der Waals surface area contributed by atoms with Crippen molar-refractivity contribution in [3.63, 3.8) is 0 Å². The zero-order valence-electron chi connectivity index (χ0n) is 11.4. The van der Waals surface area contributed by atoms with Gasteiger partial charge >= 0.3 is 12.1 Å². The van der Waals surface area contributed by atoms with Gasteiger partial charge in [0.2, 0.25) is 0 Å². The molecular formula is C15H20O4. The molecule has 0 amide bonds. The molecule has 0 atom stereocenters. The van der Waals surface area contributed by atoms with Crippen LogP contribution in [0.1, 0.15) is 32.3 Å². The van der Waals surface area contributed by atoms with Gasteiger partial charge in [-0.1, -0.05) is 56.3 Å². The predicted octanol–water partition coefficient (Wildman–Crippen LogP) is 3.82. The van der Waals surface area contributed by atoms with Crippen molar-refractivity contribution in [1.29, 1.82) is 0 Å². The third kappa shape index (κ3) is 10.8. The molecule has 1 rings (SSSR count). The molecule has 0 spiro atoms. The van der Waals surface area contributed by atoms with Gasteiger partial charge in [-0.2, -0.15) is 0 Å². The van der Waals surface area contributed by atoms with E-state index in [-0.39, 0.29) is 0 Å². The number of carbonyl (C=O) groups is 2. The van der Waals surface area contributed by atoms with E-state index in [9.17, 15) is 9.59 Å². The lowest BCUT2D eigenvalue weighted by Crippen LogP contribution is -2.11. The summed E-state index contributed by atoms with van der Waals surface area (Å²) in [6, 6.07) is 10.0. The van der Waals surface area contributed by atoms with E-state index in [1.165, 1.54) is 5.56 Å². The summed E-state index contributed by atoms with van der Waals surface area (Å²) < 4.78 is 8.61. The molecule has 0 aromatic heterocycles. The molecule has 0 bridgehead atoms. The Morgan fingerprint density at radius 2 is 1.89 bits per heavy atom. The molecule has 0 radical (unpaired) electrons. The zero-order chi connectivity index (χ0) is 14.5. The van der Waals surface area contributed by atoms with Crippen LogP contribution >= 0.6 is 0 Å². The third-order valence-electron chi connectivity index (χ3n) is 1.98. The summed E-state index contributed by atoms with van der Waals surface area (Å²) in [4.78, 5) is 20.6. The van der Waals surface area contributed by atoms with Crippen molar-refractivity contribution in [3.8, 4) is 0 Å². The molecule has 0 saturated heterocycles. The summed E-state index contributed by atoms with van der Waals surface area (Å²) in [6.07, 6.45) is 2.64. The summed E-state index contributed by atoms with van der Waals surface area (Å²) >= 11 is 0. The number of hydrogen-bond donors (Lipinski definition) is 0. The number of benzene rings is 1. The summed E-state index contributed by atoms with van der Waals surface area (Å²) in [7, 11) is 0. The molecule has 0 aliphatic carbocycles. The summed E-state index contributed by atoms with van der Waals surface area (Å²) in [5, 5.41) is 0. The van der Waals surface area contributed by atoms with Gasteiger partial charge in [-0.25, -0.2) is 4.79 Å².